The molecular formula is C13H20N2O2. The van der Waals surface area contributed by atoms with Gasteiger partial charge >= 0.3 is 0 Å². The minimum atomic E-state index is -0.0198. The van der Waals surface area contributed by atoms with Crippen LogP contribution in [0.4, 0.5) is 0 Å². The lowest BCUT2D eigenvalue weighted by Crippen LogP contribution is -2.35. The van der Waals surface area contributed by atoms with Crippen molar-refractivity contribution in [3.8, 4) is 0 Å². The second-order valence-electron chi connectivity index (χ2n) is 3.97. The molecule has 0 fully saturated rings. The van der Waals surface area contributed by atoms with Gasteiger partial charge in [0.2, 0.25) is 5.91 Å². The molecule has 0 aliphatic carbocycles. The van der Waals surface area contributed by atoms with Crippen LogP contribution in [0.3, 0.4) is 0 Å². The summed E-state index contributed by atoms with van der Waals surface area (Å²) in [7, 11) is 0. The molecule has 4 nitrogen and oxygen atoms in total. The summed E-state index contributed by atoms with van der Waals surface area (Å²) in [5.41, 5.74) is 1.21. The highest BCUT2D eigenvalue weighted by Crippen LogP contribution is 2.03. The number of amides is 1. The lowest BCUT2D eigenvalue weighted by Gasteiger charge is -2.21. The summed E-state index contributed by atoms with van der Waals surface area (Å²) in [6, 6.07) is 10.1. The summed E-state index contributed by atoms with van der Waals surface area (Å²) in [5, 5.41) is 11.8. The molecule has 0 saturated carbocycles. The average Bonchev–Trinajstić information content (AvgIpc) is 2.30. The Morgan fingerprint density at radius 3 is 2.59 bits per heavy atom. The molecule has 0 heterocycles. The average molecular weight is 236 g/mol. The van der Waals surface area contributed by atoms with Gasteiger partial charge < -0.3 is 10.4 Å². The maximum atomic E-state index is 10.8. The maximum absolute atomic E-state index is 10.8. The third-order valence-electron chi connectivity index (χ3n) is 2.47. The van der Waals surface area contributed by atoms with Crippen molar-refractivity contribution in [1.82, 2.24) is 10.2 Å². The van der Waals surface area contributed by atoms with E-state index in [-0.39, 0.29) is 12.5 Å². The van der Waals surface area contributed by atoms with Gasteiger partial charge in [-0.05, 0) is 5.56 Å². The van der Waals surface area contributed by atoms with Crippen LogP contribution in [0.25, 0.3) is 0 Å². The van der Waals surface area contributed by atoms with Crippen LogP contribution < -0.4 is 5.32 Å². The Labute approximate surface area is 102 Å². The van der Waals surface area contributed by atoms with Crippen LogP contribution in [0.2, 0.25) is 0 Å². The zero-order valence-electron chi connectivity index (χ0n) is 10.2. The van der Waals surface area contributed by atoms with Gasteiger partial charge in [0.25, 0.3) is 0 Å². The first-order chi connectivity index (χ1) is 8.22. The van der Waals surface area contributed by atoms with Gasteiger partial charge in [-0.25, -0.2) is 0 Å². The topological polar surface area (TPSA) is 52.6 Å². The lowest BCUT2D eigenvalue weighted by molar-refractivity contribution is -0.119. The molecule has 0 saturated heterocycles. The molecule has 0 unspecified atom stereocenters. The predicted molar refractivity (Wildman–Crippen MR) is 67.5 cm³/mol. The number of carbonyl (C=O) groups excluding carboxylic acids is 1. The van der Waals surface area contributed by atoms with E-state index in [0.717, 1.165) is 13.1 Å². The van der Waals surface area contributed by atoms with Crippen LogP contribution in [0.1, 0.15) is 12.5 Å². The van der Waals surface area contributed by atoms with Gasteiger partial charge in [-0.2, -0.15) is 0 Å². The fourth-order valence-corrected chi connectivity index (χ4v) is 1.64. The maximum Gasteiger partial charge on any atom is 0.216 e. The third-order valence-corrected chi connectivity index (χ3v) is 2.47. The zero-order chi connectivity index (χ0) is 12.5. The van der Waals surface area contributed by atoms with Crippen molar-refractivity contribution in [1.29, 1.82) is 0 Å². The number of rotatable bonds is 7. The fourth-order valence-electron chi connectivity index (χ4n) is 1.64. The summed E-state index contributed by atoms with van der Waals surface area (Å²) in [6.07, 6.45) is 0. The van der Waals surface area contributed by atoms with E-state index < -0.39 is 0 Å². The number of hydrogen-bond donors (Lipinski definition) is 2. The van der Waals surface area contributed by atoms with Gasteiger partial charge in [0.05, 0.1) is 6.61 Å². The summed E-state index contributed by atoms with van der Waals surface area (Å²) in [5.74, 6) is -0.0198. The third kappa shape index (κ3) is 6.04. The quantitative estimate of drug-likeness (QED) is 0.729. The second kappa shape index (κ2) is 7.81. The molecule has 1 aromatic rings. The van der Waals surface area contributed by atoms with Crippen LogP contribution in [-0.4, -0.2) is 42.2 Å². The molecule has 0 aliphatic rings. The molecule has 2 N–H and O–H groups in total. The molecule has 17 heavy (non-hydrogen) atoms. The molecule has 0 atom stereocenters. The monoisotopic (exact) mass is 236 g/mol. The van der Waals surface area contributed by atoms with E-state index in [9.17, 15) is 4.79 Å². The van der Waals surface area contributed by atoms with E-state index in [2.05, 4.69) is 22.3 Å². The van der Waals surface area contributed by atoms with Crippen molar-refractivity contribution in [2.45, 2.75) is 13.5 Å². The number of benzene rings is 1. The van der Waals surface area contributed by atoms with Crippen LogP contribution in [-0.2, 0) is 11.3 Å². The van der Waals surface area contributed by atoms with Gasteiger partial charge in [-0.1, -0.05) is 30.3 Å². The highest BCUT2D eigenvalue weighted by molar-refractivity contribution is 5.72. The first-order valence-electron chi connectivity index (χ1n) is 5.84. The number of carbonyl (C=O) groups is 1. The molecule has 0 bridgehead atoms. The van der Waals surface area contributed by atoms with Gasteiger partial charge in [0.1, 0.15) is 0 Å². The van der Waals surface area contributed by atoms with E-state index in [1.807, 2.05) is 18.2 Å². The number of aliphatic hydroxyl groups excluding tert-OH is 1. The van der Waals surface area contributed by atoms with Gasteiger partial charge in [-0.3, -0.25) is 9.69 Å². The molecule has 1 aromatic carbocycles. The van der Waals surface area contributed by atoms with E-state index in [1.54, 1.807) is 0 Å². The summed E-state index contributed by atoms with van der Waals surface area (Å²) in [4.78, 5) is 12.9. The summed E-state index contributed by atoms with van der Waals surface area (Å²) < 4.78 is 0. The summed E-state index contributed by atoms with van der Waals surface area (Å²) in [6.45, 7) is 4.41. The van der Waals surface area contributed by atoms with Crippen molar-refractivity contribution in [2.24, 2.45) is 0 Å². The smallest absolute Gasteiger partial charge is 0.216 e. The van der Waals surface area contributed by atoms with Crippen LogP contribution in [0.15, 0.2) is 30.3 Å². The Hall–Kier alpha value is -1.39. The highest BCUT2D eigenvalue weighted by Gasteiger charge is 2.05. The molecule has 0 radical (unpaired) electrons. The second-order valence-corrected chi connectivity index (χ2v) is 3.97. The predicted octanol–water partition coefficient (Wildman–Crippen LogP) is 0.617. The SMILES string of the molecule is CC(=O)NCCN(CCO)Cc1ccccc1. The minimum absolute atomic E-state index is 0.0198. The number of hydrogen-bond acceptors (Lipinski definition) is 3. The fraction of sp³-hybridized carbons (Fsp3) is 0.462. The number of nitrogens with one attached hydrogen (secondary N) is 1. The van der Waals surface area contributed by atoms with Gasteiger partial charge in [0, 0.05) is 33.1 Å². The Morgan fingerprint density at radius 2 is 2.00 bits per heavy atom. The number of aliphatic hydroxyl groups is 1. The van der Waals surface area contributed by atoms with Gasteiger partial charge in [0.15, 0.2) is 0 Å². The summed E-state index contributed by atoms with van der Waals surface area (Å²) >= 11 is 0. The Balaban J connectivity index is 2.40. The van der Waals surface area contributed by atoms with Crippen LogP contribution in [0.5, 0.6) is 0 Å². The van der Waals surface area contributed by atoms with E-state index >= 15 is 0 Å². The standard InChI is InChI=1S/C13H20N2O2/c1-12(17)14-7-8-15(9-10-16)11-13-5-3-2-4-6-13/h2-6,16H,7-11H2,1H3,(H,14,17). The molecule has 94 valence electrons. The van der Waals surface area contributed by atoms with Crippen molar-refractivity contribution in [2.75, 3.05) is 26.2 Å². The molecule has 0 aromatic heterocycles. The Bertz CT molecular complexity index is 327. The van der Waals surface area contributed by atoms with Crippen molar-refractivity contribution in [3.63, 3.8) is 0 Å². The molecular weight excluding hydrogens is 216 g/mol. The highest BCUT2D eigenvalue weighted by atomic mass is 16.3. The molecule has 0 aliphatic heterocycles. The van der Waals surface area contributed by atoms with E-state index in [4.69, 9.17) is 5.11 Å². The van der Waals surface area contributed by atoms with Crippen molar-refractivity contribution >= 4 is 5.91 Å². The molecule has 0 spiro atoms. The Morgan fingerprint density at radius 1 is 1.29 bits per heavy atom. The first kappa shape index (κ1) is 13.7. The van der Waals surface area contributed by atoms with E-state index in [0.29, 0.717) is 13.1 Å². The van der Waals surface area contributed by atoms with Crippen LogP contribution in [0, 0.1) is 0 Å². The van der Waals surface area contributed by atoms with Crippen molar-refractivity contribution < 1.29 is 9.90 Å². The van der Waals surface area contributed by atoms with Crippen molar-refractivity contribution in [3.05, 3.63) is 35.9 Å². The lowest BCUT2D eigenvalue weighted by atomic mass is 10.2. The number of nitrogens with zero attached hydrogens (tertiary/aromatic N) is 1. The largest absolute Gasteiger partial charge is 0.395 e. The van der Waals surface area contributed by atoms with E-state index in [1.165, 1.54) is 12.5 Å². The molecule has 1 rings (SSSR count). The van der Waals surface area contributed by atoms with Gasteiger partial charge in [-0.15, -0.1) is 0 Å². The van der Waals surface area contributed by atoms with Crippen LogP contribution >= 0.6 is 0 Å². The Kier molecular flexibility index (Phi) is 6.29. The molecule has 1 amide bonds. The minimum Gasteiger partial charge on any atom is -0.395 e. The normalized spacial score (nSPS) is 10.5. The first-order valence-corrected chi connectivity index (χ1v) is 5.84. The zero-order valence-corrected chi connectivity index (χ0v) is 10.2. The molecule has 4 heteroatoms.